The van der Waals surface area contributed by atoms with Gasteiger partial charge in [0.05, 0.1) is 5.02 Å². The van der Waals surface area contributed by atoms with Crippen LogP contribution in [0.25, 0.3) is 0 Å². The molecule has 2 rings (SSSR count). The summed E-state index contributed by atoms with van der Waals surface area (Å²) < 4.78 is 5.61. The molecule has 0 spiro atoms. The molecule has 30 heavy (non-hydrogen) atoms. The van der Waals surface area contributed by atoms with Crippen LogP contribution in [0, 0.1) is 6.92 Å². The second-order valence-electron chi connectivity index (χ2n) is 7.37. The molecule has 0 fully saturated rings. The van der Waals surface area contributed by atoms with Crippen molar-refractivity contribution in [3.8, 4) is 5.75 Å². The second kappa shape index (κ2) is 11.2. The lowest BCUT2D eigenvalue weighted by Gasteiger charge is -2.29. The van der Waals surface area contributed by atoms with E-state index in [0.29, 0.717) is 22.3 Å². The summed E-state index contributed by atoms with van der Waals surface area (Å²) in [6.45, 7) is 7.69. The predicted octanol–water partition coefficient (Wildman–Crippen LogP) is 5.01. The zero-order valence-electron chi connectivity index (χ0n) is 17.7. The van der Waals surface area contributed by atoms with Gasteiger partial charge in [0, 0.05) is 17.6 Å². The van der Waals surface area contributed by atoms with E-state index in [4.69, 9.17) is 27.9 Å². The summed E-state index contributed by atoms with van der Waals surface area (Å²) in [5.41, 5.74) is 2.02. The predicted molar refractivity (Wildman–Crippen MR) is 121 cm³/mol. The van der Waals surface area contributed by atoms with Crippen LogP contribution in [-0.4, -0.2) is 35.4 Å². The van der Waals surface area contributed by atoms with E-state index in [1.165, 1.54) is 4.90 Å². The lowest BCUT2D eigenvalue weighted by atomic mass is 10.1. The Morgan fingerprint density at radius 1 is 1.13 bits per heavy atom. The molecule has 2 aromatic rings. The quantitative estimate of drug-likeness (QED) is 0.583. The van der Waals surface area contributed by atoms with E-state index in [0.717, 1.165) is 17.5 Å². The Balaban J connectivity index is 2.18. The standard InChI is InChI=1S/C23H28Cl2N2O3/c1-5-16(3)26-23(29)17(4)27(13-18-8-6-7-15(2)11-18)22(28)14-30-21-10-9-19(24)12-20(21)25/h6-12,16-17H,5,13-14H2,1-4H3,(H,26,29)/t16-,17-/m1/s1. The van der Waals surface area contributed by atoms with Crippen molar-refractivity contribution < 1.29 is 14.3 Å². The highest BCUT2D eigenvalue weighted by Crippen LogP contribution is 2.27. The fourth-order valence-electron chi connectivity index (χ4n) is 2.87. The number of amides is 2. The van der Waals surface area contributed by atoms with E-state index >= 15 is 0 Å². The monoisotopic (exact) mass is 450 g/mol. The van der Waals surface area contributed by atoms with Gasteiger partial charge in [0.15, 0.2) is 6.61 Å². The molecule has 2 amide bonds. The minimum atomic E-state index is -0.656. The fourth-order valence-corrected chi connectivity index (χ4v) is 3.33. The minimum Gasteiger partial charge on any atom is -0.482 e. The van der Waals surface area contributed by atoms with E-state index < -0.39 is 6.04 Å². The third-order valence-corrected chi connectivity index (χ3v) is 5.38. The van der Waals surface area contributed by atoms with Crippen molar-refractivity contribution in [3.63, 3.8) is 0 Å². The van der Waals surface area contributed by atoms with E-state index in [1.54, 1.807) is 25.1 Å². The number of carbonyl (C=O) groups excluding carboxylic acids is 2. The van der Waals surface area contributed by atoms with Crippen LogP contribution in [0.15, 0.2) is 42.5 Å². The topological polar surface area (TPSA) is 58.6 Å². The second-order valence-corrected chi connectivity index (χ2v) is 8.21. The molecule has 162 valence electrons. The maximum absolute atomic E-state index is 13.0. The number of rotatable bonds is 9. The summed E-state index contributed by atoms with van der Waals surface area (Å²) in [6, 6.07) is 12.0. The van der Waals surface area contributed by atoms with Gasteiger partial charge in [-0.3, -0.25) is 9.59 Å². The van der Waals surface area contributed by atoms with Crippen LogP contribution < -0.4 is 10.1 Å². The molecule has 0 aliphatic carbocycles. The number of hydrogen-bond donors (Lipinski definition) is 1. The third-order valence-electron chi connectivity index (χ3n) is 4.85. The average Bonchev–Trinajstić information content (AvgIpc) is 2.70. The Morgan fingerprint density at radius 3 is 2.50 bits per heavy atom. The molecular formula is C23H28Cl2N2O3. The molecule has 0 bridgehead atoms. The zero-order chi connectivity index (χ0) is 22.3. The Kier molecular flexibility index (Phi) is 9.00. The number of aryl methyl sites for hydroxylation is 1. The Labute approximate surface area is 188 Å². The summed E-state index contributed by atoms with van der Waals surface area (Å²) in [6.07, 6.45) is 0.808. The molecule has 0 saturated carbocycles. The molecule has 0 unspecified atom stereocenters. The van der Waals surface area contributed by atoms with Crippen molar-refractivity contribution >= 4 is 35.0 Å². The molecule has 7 heteroatoms. The van der Waals surface area contributed by atoms with E-state index in [1.807, 2.05) is 45.0 Å². The van der Waals surface area contributed by atoms with Crippen LogP contribution >= 0.6 is 23.2 Å². The van der Waals surface area contributed by atoms with Gasteiger partial charge in [-0.15, -0.1) is 0 Å². The number of hydrogen-bond acceptors (Lipinski definition) is 3. The number of benzene rings is 2. The number of nitrogens with zero attached hydrogens (tertiary/aromatic N) is 1. The molecule has 2 aromatic carbocycles. The summed E-state index contributed by atoms with van der Waals surface area (Å²) in [5, 5.41) is 3.75. The van der Waals surface area contributed by atoms with Crippen LogP contribution in [-0.2, 0) is 16.1 Å². The van der Waals surface area contributed by atoms with Crippen molar-refractivity contribution in [2.24, 2.45) is 0 Å². The Bertz CT molecular complexity index is 889. The molecule has 0 heterocycles. The Hall–Kier alpha value is -2.24. The van der Waals surface area contributed by atoms with Crippen LogP contribution in [0.2, 0.25) is 10.0 Å². The van der Waals surface area contributed by atoms with E-state index in [-0.39, 0.29) is 24.5 Å². The summed E-state index contributed by atoms with van der Waals surface area (Å²) in [4.78, 5) is 27.3. The van der Waals surface area contributed by atoms with Gasteiger partial charge >= 0.3 is 0 Å². The molecule has 0 aliphatic heterocycles. The van der Waals surface area contributed by atoms with Crippen molar-refractivity contribution in [1.82, 2.24) is 10.2 Å². The summed E-state index contributed by atoms with van der Waals surface area (Å²) >= 11 is 12.0. The highest BCUT2D eigenvalue weighted by Gasteiger charge is 2.27. The summed E-state index contributed by atoms with van der Waals surface area (Å²) in [5.74, 6) is -0.147. The van der Waals surface area contributed by atoms with Gasteiger partial charge in [-0.1, -0.05) is 60.0 Å². The molecule has 0 saturated heterocycles. The SMILES string of the molecule is CC[C@@H](C)NC(=O)[C@@H](C)N(Cc1cccc(C)c1)C(=O)COc1ccc(Cl)cc1Cl. The van der Waals surface area contributed by atoms with Crippen molar-refractivity contribution in [2.45, 2.75) is 52.7 Å². The van der Waals surface area contributed by atoms with Crippen LogP contribution in [0.5, 0.6) is 5.75 Å². The normalized spacial score (nSPS) is 12.7. The van der Waals surface area contributed by atoms with Crippen LogP contribution in [0.1, 0.15) is 38.3 Å². The molecule has 5 nitrogen and oxygen atoms in total. The number of nitrogens with one attached hydrogen (secondary N) is 1. The van der Waals surface area contributed by atoms with Gasteiger partial charge in [-0.2, -0.15) is 0 Å². The van der Waals surface area contributed by atoms with Gasteiger partial charge in [-0.05, 0) is 51.0 Å². The first kappa shape index (κ1) is 24.0. The fraction of sp³-hybridized carbons (Fsp3) is 0.391. The first-order valence-electron chi connectivity index (χ1n) is 9.94. The maximum Gasteiger partial charge on any atom is 0.261 e. The molecule has 0 aliphatic rings. The number of halogens is 2. The third kappa shape index (κ3) is 6.92. The van der Waals surface area contributed by atoms with Crippen molar-refractivity contribution in [3.05, 3.63) is 63.6 Å². The van der Waals surface area contributed by atoms with E-state index in [2.05, 4.69) is 5.32 Å². The van der Waals surface area contributed by atoms with Gasteiger partial charge in [-0.25, -0.2) is 0 Å². The largest absolute Gasteiger partial charge is 0.482 e. The summed E-state index contributed by atoms with van der Waals surface area (Å²) in [7, 11) is 0. The van der Waals surface area contributed by atoms with Crippen molar-refractivity contribution in [2.75, 3.05) is 6.61 Å². The maximum atomic E-state index is 13.0. The highest BCUT2D eigenvalue weighted by molar-refractivity contribution is 6.35. The van der Waals surface area contributed by atoms with Crippen LogP contribution in [0.3, 0.4) is 0 Å². The molecular weight excluding hydrogens is 423 g/mol. The molecule has 0 aromatic heterocycles. The Morgan fingerprint density at radius 2 is 1.87 bits per heavy atom. The van der Waals surface area contributed by atoms with Crippen LogP contribution in [0.4, 0.5) is 0 Å². The number of carbonyl (C=O) groups is 2. The lowest BCUT2D eigenvalue weighted by molar-refractivity contribution is -0.142. The first-order valence-corrected chi connectivity index (χ1v) is 10.7. The van der Waals surface area contributed by atoms with Gasteiger partial charge in [0.25, 0.3) is 5.91 Å². The smallest absolute Gasteiger partial charge is 0.261 e. The minimum absolute atomic E-state index is 0.0278. The lowest BCUT2D eigenvalue weighted by Crippen LogP contribution is -2.50. The zero-order valence-corrected chi connectivity index (χ0v) is 19.3. The van der Waals surface area contributed by atoms with Crippen molar-refractivity contribution in [1.29, 1.82) is 0 Å². The highest BCUT2D eigenvalue weighted by atomic mass is 35.5. The molecule has 1 N–H and O–H groups in total. The molecule has 0 radical (unpaired) electrons. The van der Waals surface area contributed by atoms with Gasteiger partial charge in [0.2, 0.25) is 5.91 Å². The van der Waals surface area contributed by atoms with E-state index in [9.17, 15) is 9.59 Å². The number of ether oxygens (including phenoxy) is 1. The average molecular weight is 451 g/mol. The molecule has 2 atom stereocenters. The van der Waals surface area contributed by atoms with Gasteiger partial charge in [0.1, 0.15) is 11.8 Å². The van der Waals surface area contributed by atoms with Gasteiger partial charge < -0.3 is 15.0 Å². The first-order chi connectivity index (χ1) is 14.2.